The van der Waals surface area contributed by atoms with Crippen LogP contribution in [0.2, 0.25) is 0 Å². The molecule has 1 aromatic rings. The summed E-state index contributed by atoms with van der Waals surface area (Å²) in [5.41, 5.74) is 0.753. The van der Waals surface area contributed by atoms with Crippen LogP contribution in [0.5, 0.6) is 0 Å². The third-order valence-corrected chi connectivity index (χ3v) is 5.31. The first-order valence-corrected chi connectivity index (χ1v) is 7.26. The number of aromatic nitrogens is 1. The SMILES string of the molecule is Cc1nc(SC2CCN(C)C2=O)sc1CC(=O)O. The molecule has 1 saturated heterocycles. The molecule has 1 unspecified atom stereocenters. The number of hydrogen-bond acceptors (Lipinski definition) is 5. The molecule has 1 amide bonds. The topological polar surface area (TPSA) is 70.5 Å². The number of nitrogens with zero attached hydrogens (tertiary/aromatic N) is 2. The highest BCUT2D eigenvalue weighted by Gasteiger charge is 2.30. The van der Waals surface area contributed by atoms with Crippen LogP contribution in [0.25, 0.3) is 0 Å². The third kappa shape index (κ3) is 2.84. The van der Waals surface area contributed by atoms with Gasteiger partial charge in [-0.25, -0.2) is 4.98 Å². The van der Waals surface area contributed by atoms with Gasteiger partial charge >= 0.3 is 5.97 Å². The fourth-order valence-corrected chi connectivity index (χ4v) is 4.34. The van der Waals surface area contributed by atoms with Crippen LogP contribution in [0, 0.1) is 6.92 Å². The van der Waals surface area contributed by atoms with Gasteiger partial charge in [0.15, 0.2) is 4.34 Å². The minimum atomic E-state index is -0.852. The van der Waals surface area contributed by atoms with Gasteiger partial charge in [0.05, 0.1) is 17.4 Å². The minimum Gasteiger partial charge on any atom is -0.481 e. The smallest absolute Gasteiger partial charge is 0.308 e. The molecule has 1 aliphatic heterocycles. The summed E-state index contributed by atoms with van der Waals surface area (Å²) < 4.78 is 0.789. The molecular formula is C11H14N2O3S2. The first-order chi connectivity index (χ1) is 8.47. The molecular weight excluding hydrogens is 272 g/mol. The lowest BCUT2D eigenvalue weighted by molar-refractivity contribution is -0.136. The summed E-state index contributed by atoms with van der Waals surface area (Å²) in [6, 6.07) is 0. The average Bonchev–Trinajstić information content (AvgIpc) is 2.76. The Bertz CT molecular complexity index is 487. The van der Waals surface area contributed by atoms with Gasteiger partial charge in [-0.3, -0.25) is 9.59 Å². The number of amides is 1. The number of carbonyl (C=O) groups is 2. The second-order valence-electron chi connectivity index (χ2n) is 4.21. The van der Waals surface area contributed by atoms with Gasteiger partial charge in [0.2, 0.25) is 5.91 Å². The first kappa shape index (κ1) is 13.4. The average molecular weight is 286 g/mol. The fraction of sp³-hybridized carbons (Fsp3) is 0.545. The zero-order valence-electron chi connectivity index (χ0n) is 10.2. The molecule has 2 heterocycles. The molecule has 0 spiro atoms. The molecule has 0 bridgehead atoms. The molecule has 7 heteroatoms. The zero-order chi connectivity index (χ0) is 13.3. The van der Waals surface area contributed by atoms with Gasteiger partial charge in [0, 0.05) is 18.5 Å². The number of aryl methyl sites for hydroxylation is 1. The van der Waals surface area contributed by atoms with Crippen LogP contribution < -0.4 is 0 Å². The van der Waals surface area contributed by atoms with Crippen LogP contribution in [0.15, 0.2) is 4.34 Å². The largest absolute Gasteiger partial charge is 0.481 e. The molecule has 0 radical (unpaired) electrons. The molecule has 0 aliphatic carbocycles. The number of likely N-dealkylation sites (tertiary alicyclic amines) is 1. The zero-order valence-corrected chi connectivity index (χ0v) is 11.8. The highest BCUT2D eigenvalue weighted by molar-refractivity contribution is 8.02. The minimum absolute atomic E-state index is 0.00256. The highest BCUT2D eigenvalue weighted by Crippen LogP contribution is 2.34. The van der Waals surface area contributed by atoms with Crippen molar-refractivity contribution >= 4 is 35.0 Å². The number of aliphatic carboxylic acids is 1. The van der Waals surface area contributed by atoms with E-state index in [1.165, 1.54) is 23.1 Å². The van der Waals surface area contributed by atoms with Gasteiger partial charge in [-0.15, -0.1) is 11.3 Å². The molecule has 5 nitrogen and oxygen atoms in total. The van der Waals surface area contributed by atoms with E-state index in [0.29, 0.717) is 0 Å². The first-order valence-electron chi connectivity index (χ1n) is 5.57. The summed E-state index contributed by atoms with van der Waals surface area (Å²) in [7, 11) is 1.80. The summed E-state index contributed by atoms with van der Waals surface area (Å²) in [6.07, 6.45) is 0.829. The van der Waals surface area contributed by atoms with Gasteiger partial charge in [-0.2, -0.15) is 0 Å². The Balaban J connectivity index is 2.06. The van der Waals surface area contributed by atoms with Crippen molar-refractivity contribution in [3.63, 3.8) is 0 Å². The predicted molar refractivity (Wildman–Crippen MR) is 70.1 cm³/mol. The monoisotopic (exact) mass is 286 g/mol. The van der Waals surface area contributed by atoms with Gasteiger partial charge in [-0.05, 0) is 13.3 Å². The maximum absolute atomic E-state index is 11.8. The molecule has 1 fully saturated rings. The summed E-state index contributed by atoms with van der Waals surface area (Å²) in [5.74, 6) is -0.720. The van der Waals surface area contributed by atoms with E-state index in [1.807, 2.05) is 0 Å². The van der Waals surface area contributed by atoms with E-state index in [-0.39, 0.29) is 17.6 Å². The Hall–Kier alpha value is -1.08. The molecule has 1 aliphatic rings. The van der Waals surface area contributed by atoms with Crippen LogP contribution >= 0.6 is 23.1 Å². The van der Waals surface area contributed by atoms with E-state index in [1.54, 1.807) is 18.9 Å². The number of hydrogen-bond donors (Lipinski definition) is 1. The van der Waals surface area contributed by atoms with E-state index in [4.69, 9.17) is 5.11 Å². The van der Waals surface area contributed by atoms with Crippen molar-refractivity contribution < 1.29 is 14.7 Å². The standard InChI is InChI=1S/C11H14N2O3S2/c1-6-8(5-9(14)15)18-11(12-6)17-7-3-4-13(2)10(7)16/h7H,3-5H2,1-2H3,(H,14,15). The molecule has 1 N–H and O–H groups in total. The van der Waals surface area contributed by atoms with Gasteiger partial charge in [0.25, 0.3) is 0 Å². The molecule has 98 valence electrons. The van der Waals surface area contributed by atoms with Crippen LogP contribution in [-0.4, -0.2) is 45.7 Å². The maximum Gasteiger partial charge on any atom is 0.308 e. The molecule has 1 atom stereocenters. The summed E-state index contributed by atoms with van der Waals surface area (Å²) >= 11 is 2.83. The van der Waals surface area contributed by atoms with E-state index in [2.05, 4.69) is 4.98 Å². The number of carboxylic acids is 1. The molecule has 1 aromatic heterocycles. The number of thiazole rings is 1. The Morgan fingerprint density at radius 2 is 2.39 bits per heavy atom. The van der Waals surface area contributed by atoms with Gasteiger partial charge in [-0.1, -0.05) is 11.8 Å². The number of thioether (sulfide) groups is 1. The second kappa shape index (κ2) is 5.27. The number of carboxylic acid groups (broad SMARTS) is 1. The Morgan fingerprint density at radius 3 is 2.94 bits per heavy atom. The van der Waals surface area contributed by atoms with Crippen LogP contribution in [0.4, 0.5) is 0 Å². The van der Waals surface area contributed by atoms with Crippen molar-refractivity contribution in [1.29, 1.82) is 0 Å². The van der Waals surface area contributed by atoms with E-state index in [0.717, 1.165) is 27.9 Å². The number of rotatable bonds is 4. The van der Waals surface area contributed by atoms with E-state index in [9.17, 15) is 9.59 Å². The summed E-state index contributed by atoms with van der Waals surface area (Å²) in [4.78, 5) is 29.3. The van der Waals surface area contributed by atoms with Crippen molar-refractivity contribution in [2.24, 2.45) is 0 Å². The van der Waals surface area contributed by atoms with E-state index < -0.39 is 5.97 Å². The van der Waals surface area contributed by atoms with Crippen molar-refractivity contribution in [1.82, 2.24) is 9.88 Å². The lowest BCUT2D eigenvalue weighted by atomic mass is 10.3. The number of carbonyl (C=O) groups excluding carboxylic acids is 1. The lowest BCUT2D eigenvalue weighted by Crippen LogP contribution is -2.23. The second-order valence-corrected chi connectivity index (χ2v) is 6.75. The quantitative estimate of drug-likeness (QED) is 0.906. The third-order valence-electron chi connectivity index (χ3n) is 2.81. The van der Waals surface area contributed by atoms with Crippen LogP contribution in [0.3, 0.4) is 0 Å². The van der Waals surface area contributed by atoms with Crippen LogP contribution in [0.1, 0.15) is 17.0 Å². The van der Waals surface area contributed by atoms with Crippen molar-refractivity contribution in [2.45, 2.75) is 29.4 Å². The Kier molecular flexibility index (Phi) is 3.91. The Labute approximate surface area is 113 Å². The molecule has 0 aromatic carbocycles. The van der Waals surface area contributed by atoms with Gasteiger partial charge < -0.3 is 10.0 Å². The summed E-state index contributed by atoms with van der Waals surface area (Å²) in [6.45, 7) is 2.59. The highest BCUT2D eigenvalue weighted by atomic mass is 32.2. The predicted octanol–water partition coefficient (Wildman–Crippen LogP) is 1.40. The Morgan fingerprint density at radius 1 is 1.67 bits per heavy atom. The molecule has 18 heavy (non-hydrogen) atoms. The van der Waals surface area contributed by atoms with Crippen molar-refractivity contribution in [3.05, 3.63) is 10.6 Å². The summed E-state index contributed by atoms with van der Waals surface area (Å²) in [5, 5.41) is 8.70. The lowest BCUT2D eigenvalue weighted by Gasteiger charge is -2.07. The van der Waals surface area contributed by atoms with E-state index >= 15 is 0 Å². The van der Waals surface area contributed by atoms with Crippen LogP contribution in [-0.2, 0) is 16.0 Å². The van der Waals surface area contributed by atoms with Crippen molar-refractivity contribution in [3.8, 4) is 0 Å². The normalized spacial score (nSPS) is 19.6. The maximum atomic E-state index is 11.8. The van der Waals surface area contributed by atoms with Crippen molar-refractivity contribution in [2.75, 3.05) is 13.6 Å². The van der Waals surface area contributed by atoms with Gasteiger partial charge in [0.1, 0.15) is 0 Å². The fourth-order valence-electron chi connectivity index (χ4n) is 1.77. The molecule has 0 saturated carbocycles. The molecule has 2 rings (SSSR count).